The lowest BCUT2D eigenvalue weighted by Crippen LogP contribution is -2.46. The van der Waals surface area contributed by atoms with Gasteiger partial charge in [0.2, 0.25) is 0 Å². The van der Waals surface area contributed by atoms with E-state index >= 15 is 0 Å². The van der Waals surface area contributed by atoms with Crippen molar-refractivity contribution in [3.63, 3.8) is 0 Å². The molecule has 1 aliphatic rings. The normalized spacial score (nSPS) is 19.9. The van der Waals surface area contributed by atoms with Crippen LogP contribution in [0.4, 0.5) is 10.5 Å². The molecule has 1 saturated carbocycles. The number of nitrogens with one attached hydrogen (secondary N) is 2. The second-order valence-electron chi connectivity index (χ2n) is 6.11. The fraction of sp³-hybridized carbons (Fsp3) is 0.316. The van der Waals surface area contributed by atoms with E-state index in [-0.39, 0.29) is 12.1 Å². The Morgan fingerprint density at radius 3 is 2.64 bits per heavy atom. The average molecular weight is 361 g/mol. The summed E-state index contributed by atoms with van der Waals surface area (Å²) in [5, 5.41) is 16.1. The number of anilines is 1. The summed E-state index contributed by atoms with van der Waals surface area (Å²) >= 11 is 6.05. The standard InChI is InChI=1S/C19H21ClN2O3/c20-13-10-11-18(25-14-6-2-1-3-7-14)16(12-13)22-19(24)21-15-8-4-5-9-17(15)23/h1-3,6-7,10-12,15,17,23H,4-5,8-9H2,(H2,21,22,24). The first kappa shape index (κ1) is 17.6. The Bertz CT molecular complexity index is 724. The van der Waals surface area contributed by atoms with Crippen LogP contribution < -0.4 is 15.4 Å². The molecule has 6 heteroatoms. The van der Waals surface area contributed by atoms with Gasteiger partial charge < -0.3 is 20.5 Å². The highest BCUT2D eigenvalue weighted by Crippen LogP contribution is 2.32. The van der Waals surface area contributed by atoms with E-state index in [9.17, 15) is 9.90 Å². The maximum absolute atomic E-state index is 12.3. The average Bonchev–Trinajstić information content (AvgIpc) is 2.60. The number of aliphatic hydroxyl groups is 1. The molecule has 5 nitrogen and oxygen atoms in total. The molecule has 2 aromatic rings. The van der Waals surface area contributed by atoms with Crippen molar-refractivity contribution in [1.82, 2.24) is 5.32 Å². The number of para-hydroxylation sites is 1. The zero-order chi connectivity index (χ0) is 17.6. The number of amides is 2. The Kier molecular flexibility index (Phi) is 5.79. The summed E-state index contributed by atoms with van der Waals surface area (Å²) in [6.45, 7) is 0. The molecular weight excluding hydrogens is 340 g/mol. The van der Waals surface area contributed by atoms with E-state index in [1.54, 1.807) is 18.2 Å². The molecule has 25 heavy (non-hydrogen) atoms. The number of aliphatic hydroxyl groups excluding tert-OH is 1. The first-order valence-corrected chi connectivity index (χ1v) is 8.77. The van der Waals surface area contributed by atoms with Gasteiger partial charge in [-0.1, -0.05) is 42.6 Å². The minimum absolute atomic E-state index is 0.230. The minimum atomic E-state index is -0.501. The smallest absolute Gasteiger partial charge is 0.319 e. The van der Waals surface area contributed by atoms with Crippen LogP contribution in [0.2, 0.25) is 5.02 Å². The van der Waals surface area contributed by atoms with Gasteiger partial charge in [-0.05, 0) is 43.2 Å². The lowest BCUT2D eigenvalue weighted by Gasteiger charge is -2.28. The number of benzene rings is 2. The van der Waals surface area contributed by atoms with E-state index in [1.165, 1.54) is 0 Å². The molecule has 2 amide bonds. The van der Waals surface area contributed by atoms with Crippen LogP contribution in [0.5, 0.6) is 11.5 Å². The van der Waals surface area contributed by atoms with Crippen molar-refractivity contribution in [2.24, 2.45) is 0 Å². The number of carbonyl (C=O) groups is 1. The number of hydrogen-bond acceptors (Lipinski definition) is 3. The van der Waals surface area contributed by atoms with Gasteiger partial charge in [-0.15, -0.1) is 0 Å². The van der Waals surface area contributed by atoms with Crippen molar-refractivity contribution < 1.29 is 14.6 Å². The van der Waals surface area contributed by atoms with Gasteiger partial charge in [0.1, 0.15) is 5.75 Å². The Morgan fingerprint density at radius 2 is 1.88 bits per heavy atom. The summed E-state index contributed by atoms with van der Waals surface area (Å²) in [5.41, 5.74) is 0.471. The second-order valence-corrected chi connectivity index (χ2v) is 6.55. The van der Waals surface area contributed by atoms with Gasteiger partial charge in [0.15, 0.2) is 5.75 Å². The fourth-order valence-electron chi connectivity index (χ4n) is 2.91. The van der Waals surface area contributed by atoms with Gasteiger partial charge in [0.25, 0.3) is 0 Å². The van der Waals surface area contributed by atoms with Gasteiger partial charge in [0.05, 0.1) is 17.8 Å². The van der Waals surface area contributed by atoms with Gasteiger partial charge in [-0.25, -0.2) is 4.79 Å². The van der Waals surface area contributed by atoms with Crippen molar-refractivity contribution in [1.29, 1.82) is 0 Å². The first-order valence-electron chi connectivity index (χ1n) is 8.40. The number of urea groups is 1. The summed E-state index contributed by atoms with van der Waals surface area (Å²) in [4.78, 5) is 12.3. The first-order chi connectivity index (χ1) is 12.1. The maximum Gasteiger partial charge on any atom is 0.319 e. The largest absolute Gasteiger partial charge is 0.455 e. The molecule has 0 radical (unpaired) electrons. The minimum Gasteiger partial charge on any atom is -0.455 e. The molecule has 2 aromatic carbocycles. The predicted molar refractivity (Wildman–Crippen MR) is 98.4 cm³/mol. The van der Waals surface area contributed by atoms with Crippen LogP contribution in [0, 0.1) is 0 Å². The van der Waals surface area contributed by atoms with Crippen LogP contribution in [0.3, 0.4) is 0 Å². The number of carbonyl (C=O) groups excluding carboxylic acids is 1. The quantitative estimate of drug-likeness (QED) is 0.748. The van der Waals surface area contributed by atoms with Gasteiger partial charge in [-0.2, -0.15) is 0 Å². The number of ether oxygens (including phenoxy) is 1. The topological polar surface area (TPSA) is 70.6 Å². The molecule has 0 aromatic heterocycles. The van der Waals surface area contributed by atoms with Gasteiger partial charge >= 0.3 is 6.03 Å². The summed E-state index contributed by atoms with van der Waals surface area (Å²) in [7, 11) is 0. The Balaban J connectivity index is 1.70. The molecule has 0 spiro atoms. The molecule has 2 unspecified atom stereocenters. The summed E-state index contributed by atoms with van der Waals surface area (Å²) < 4.78 is 5.83. The van der Waals surface area contributed by atoms with E-state index in [0.29, 0.717) is 28.6 Å². The van der Waals surface area contributed by atoms with Crippen LogP contribution in [-0.4, -0.2) is 23.3 Å². The molecule has 0 aliphatic heterocycles. The highest BCUT2D eigenvalue weighted by atomic mass is 35.5. The molecule has 132 valence electrons. The SMILES string of the molecule is O=C(Nc1cc(Cl)ccc1Oc1ccccc1)NC1CCCCC1O. The lowest BCUT2D eigenvalue weighted by molar-refractivity contribution is 0.0955. The zero-order valence-corrected chi connectivity index (χ0v) is 14.5. The van der Waals surface area contributed by atoms with E-state index in [1.807, 2.05) is 30.3 Å². The highest BCUT2D eigenvalue weighted by molar-refractivity contribution is 6.31. The maximum atomic E-state index is 12.3. The lowest BCUT2D eigenvalue weighted by atomic mass is 9.93. The number of hydrogen-bond donors (Lipinski definition) is 3. The van der Waals surface area contributed by atoms with Crippen molar-refractivity contribution >= 4 is 23.3 Å². The van der Waals surface area contributed by atoms with E-state index in [4.69, 9.17) is 16.3 Å². The fourth-order valence-corrected chi connectivity index (χ4v) is 3.08. The molecule has 3 rings (SSSR count). The molecule has 0 bridgehead atoms. The highest BCUT2D eigenvalue weighted by Gasteiger charge is 2.24. The van der Waals surface area contributed by atoms with Crippen LogP contribution in [-0.2, 0) is 0 Å². The number of rotatable bonds is 4. The summed E-state index contributed by atoms with van der Waals surface area (Å²) in [6.07, 6.45) is 2.98. The van der Waals surface area contributed by atoms with E-state index < -0.39 is 6.10 Å². The van der Waals surface area contributed by atoms with E-state index in [0.717, 1.165) is 19.3 Å². The molecule has 1 fully saturated rings. The van der Waals surface area contributed by atoms with E-state index in [2.05, 4.69) is 10.6 Å². The molecule has 2 atom stereocenters. The third-order valence-corrected chi connectivity index (χ3v) is 4.44. The van der Waals surface area contributed by atoms with Crippen LogP contribution in [0.1, 0.15) is 25.7 Å². The Morgan fingerprint density at radius 1 is 1.12 bits per heavy atom. The van der Waals surface area contributed by atoms with Crippen molar-refractivity contribution in [3.8, 4) is 11.5 Å². The molecular formula is C19H21ClN2O3. The molecule has 0 saturated heterocycles. The van der Waals surface area contributed by atoms with Crippen LogP contribution >= 0.6 is 11.6 Å². The monoisotopic (exact) mass is 360 g/mol. The number of halogens is 1. The second kappa shape index (κ2) is 8.23. The Labute approximate surface area is 152 Å². The van der Waals surface area contributed by atoms with Crippen LogP contribution in [0.15, 0.2) is 48.5 Å². The molecule has 0 heterocycles. The molecule has 3 N–H and O–H groups in total. The van der Waals surface area contributed by atoms with Crippen LogP contribution in [0.25, 0.3) is 0 Å². The van der Waals surface area contributed by atoms with Crippen molar-refractivity contribution in [2.45, 2.75) is 37.8 Å². The van der Waals surface area contributed by atoms with Crippen molar-refractivity contribution in [3.05, 3.63) is 53.6 Å². The predicted octanol–water partition coefficient (Wildman–Crippen LogP) is 4.56. The summed E-state index contributed by atoms with van der Waals surface area (Å²) in [6, 6.07) is 13.7. The summed E-state index contributed by atoms with van der Waals surface area (Å²) in [5.74, 6) is 1.16. The third kappa shape index (κ3) is 4.87. The van der Waals surface area contributed by atoms with Crippen molar-refractivity contribution in [2.75, 3.05) is 5.32 Å². The van der Waals surface area contributed by atoms with Gasteiger partial charge in [-0.3, -0.25) is 0 Å². The van der Waals surface area contributed by atoms with Gasteiger partial charge in [0, 0.05) is 5.02 Å². The third-order valence-electron chi connectivity index (χ3n) is 4.21. The zero-order valence-electron chi connectivity index (χ0n) is 13.7. The Hall–Kier alpha value is -2.24. The molecule has 1 aliphatic carbocycles.